The molecule has 0 heterocycles. The lowest BCUT2D eigenvalue weighted by Gasteiger charge is -2.13. The van der Waals surface area contributed by atoms with Crippen LogP contribution >= 0.6 is 0 Å². The van der Waals surface area contributed by atoms with E-state index in [1.807, 2.05) is 24.3 Å². The fourth-order valence-corrected chi connectivity index (χ4v) is 2.97. The van der Waals surface area contributed by atoms with Crippen LogP contribution in [-0.4, -0.2) is 5.78 Å². The summed E-state index contributed by atoms with van der Waals surface area (Å²) in [5.74, 6) is 0.0258. The summed E-state index contributed by atoms with van der Waals surface area (Å²) in [5.41, 5.74) is 3.07. The Bertz CT molecular complexity index is 616. The molecule has 1 atom stereocenters. The van der Waals surface area contributed by atoms with Crippen molar-refractivity contribution in [2.45, 2.75) is 25.7 Å². The maximum absolute atomic E-state index is 12.9. The molecule has 0 radical (unpaired) electrons. The van der Waals surface area contributed by atoms with Gasteiger partial charge in [-0.3, -0.25) is 4.79 Å². The molecule has 102 valence electrons. The van der Waals surface area contributed by atoms with E-state index in [1.54, 1.807) is 12.1 Å². The predicted octanol–water partition coefficient (Wildman–Crippen LogP) is 4.20. The molecule has 1 aliphatic rings. The average molecular weight is 268 g/mol. The molecule has 0 N–H and O–H groups in total. The third-order valence-corrected chi connectivity index (χ3v) is 4.05. The van der Waals surface area contributed by atoms with Gasteiger partial charge < -0.3 is 0 Å². The van der Waals surface area contributed by atoms with Gasteiger partial charge in [0.1, 0.15) is 5.82 Å². The van der Waals surface area contributed by atoms with E-state index in [2.05, 4.69) is 0 Å². The lowest BCUT2D eigenvalue weighted by atomic mass is 9.89. The highest BCUT2D eigenvalue weighted by atomic mass is 19.1. The van der Waals surface area contributed by atoms with Crippen molar-refractivity contribution in [3.05, 3.63) is 71.0 Å². The van der Waals surface area contributed by atoms with Gasteiger partial charge in [-0.05, 0) is 48.9 Å². The van der Waals surface area contributed by atoms with Gasteiger partial charge in [0, 0.05) is 11.5 Å². The molecule has 0 saturated heterocycles. The molecule has 2 heteroatoms. The fourth-order valence-electron chi connectivity index (χ4n) is 2.97. The van der Waals surface area contributed by atoms with Gasteiger partial charge in [0.15, 0.2) is 5.78 Å². The normalized spacial score (nSPS) is 18.4. The van der Waals surface area contributed by atoms with Crippen molar-refractivity contribution in [3.8, 4) is 0 Å². The molecule has 1 nitrogen and oxygen atoms in total. The van der Waals surface area contributed by atoms with Crippen molar-refractivity contribution in [3.63, 3.8) is 0 Å². The summed E-state index contributed by atoms with van der Waals surface area (Å²) in [6, 6.07) is 14.4. The molecule has 1 aliphatic carbocycles. The highest BCUT2D eigenvalue weighted by molar-refractivity contribution is 5.99. The maximum Gasteiger partial charge on any atom is 0.166 e. The predicted molar refractivity (Wildman–Crippen MR) is 77.3 cm³/mol. The van der Waals surface area contributed by atoms with Gasteiger partial charge in [-0.25, -0.2) is 4.39 Å². The Kier molecular flexibility index (Phi) is 3.64. The van der Waals surface area contributed by atoms with Crippen LogP contribution in [0.5, 0.6) is 0 Å². The van der Waals surface area contributed by atoms with Crippen LogP contribution in [0.4, 0.5) is 4.39 Å². The molecule has 3 rings (SSSR count). The number of Topliss-reactive ketones (excluding diaryl/α,β-unsaturated/α-hetero) is 1. The quantitative estimate of drug-likeness (QED) is 0.746. The summed E-state index contributed by atoms with van der Waals surface area (Å²) in [4.78, 5) is 12.6. The first-order valence-corrected chi connectivity index (χ1v) is 7.10. The van der Waals surface area contributed by atoms with Gasteiger partial charge in [-0.2, -0.15) is 0 Å². The monoisotopic (exact) mass is 268 g/mol. The largest absolute Gasteiger partial charge is 0.294 e. The number of carbonyl (C=O) groups is 1. The Morgan fingerprint density at radius 3 is 2.60 bits per heavy atom. The van der Waals surface area contributed by atoms with Crippen molar-refractivity contribution >= 4 is 5.78 Å². The summed E-state index contributed by atoms with van der Waals surface area (Å²) < 4.78 is 12.9. The number of hydrogen-bond donors (Lipinski definition) is 0. The van der Waals surface area contributed by atoms with Crippen LogP contribution in [0, 0.1) is 11.7 Å². The minimum Gasteiger partial charge on any atom is -0.294 e. The van der Waals surface area contributed by atoms with E-state index in [4.69, 9.17) is 0 Å². The van der Waals surface area contributed by atoms with Crippen molar-refractivity contribution in [1.29, 1.82) is 0 Å². The standard InChI is InChI=1S/C18H17FO/c19-16-10-8-13(9-11-16)12-15-6-3-5-14-4-1-2-7-17(14)18(15)20/h1-2,4,7-11,15H,3,5-6,12H2. The third kappa shape index (κ3) is 2.64. The molecule has 2 aromatic carbocycles. The number of ketones is 1. The minimum atomic E-state index is -0.230. The average Bonchev–Trinajstić information content (AvgIpc) is 2.62. The summed E-state index contributed by atoms with van der Waals surface area (Å²) in [7, 11) is 0. The molecular weight excluding hydrogens is 251 g/mol. The number of rotatable bonds is 2. The molecule has 0 aromatic heterocycles. The van der Waals surface area contributed by atoms with Crippen molar-refractivity contribution < 1.29 is 9.18 Å². The molecule has 0 bridgehead atoms. The number of benzene rings is 2. The molecule has 0 spiro atoms. The molecule has 2 aromatic rings. The summed E-state index contributed by atoms with van der Waals surface area (Å²) in [6.45, 7) is 0. The van der Waals surface area contributed by atoms with Gasteiger partial charge in [-0.1, -0.05) is 36.4 Å². The Balaban J connectivity index is 1.84. The summed E-state index contributed by atoms with van der Waals surface area (Å²) >= 11 is 0. The second kappa shape index (κ2) is 5.58. The maximum atomic E-state index is 12.9. The second-order valence-electron chi connectivity index (χ2n) is 5.44. The van der Waals surface area contributed by atoms with E-state index in [-0.39, 0.29) is 17.5 Å². The number of halogens is 1. The first kappa shape index (κ1) is 13.0. The van der Waals surface area contributed by atoms with E-state index in [9.17, 15) is 9.18 Å². The number of aryl methyl sites for hydroxylation is 1. The van der Waals surface area contributed by atoms with Gasteiger partial charge in [0.2, 0.25) is 0 Å². The fraction of sp³-hybridized carbons (Fsp3) is 0.278. The Morgan fingerprint density at radius 2 is 1.80 bits per heavy atom. The second-order valence-corrected chi connectivity index (χ2v) is 5.44. The number of hydrogen-bond acceptors (Lipinski definition) is 1. The van der Waals surface area contributed by atoms with Crippen LogP contribution in [-0.2, 0) is 12.8 Å². The SMILES string of the molecule is O=C1c2ccccc2CCCC1Cc1ccc(F)cc1. The van der Waals surface area contributed by atoms with Crippen LogP contribution in [0.3, 0.4) is 0 Å². The van der Waals surface area contributed by atoms with Crippen molar-refractivity contribution in [2.75, 3.05) is 0 Å². The molecule has 0 fully saturated rings. The van der Waals surface area contributed by atoms with E-state index < -0.39 is 0 Å². The molecule has 0 amide bonds. The highest BCUT2D eigenvalue weighted by Crippen LogP contribution is 2.27. The van der Waals surface area contributed by atoms with Gasteiger partial charge in [0.05, 0.1) is 0 Å². The van der Waals surface area contributed by atoms with E-state index >= 15 is 0 Å². The zero-order chi connectivity index (χ0) is 13.9. The lowest BCUT2D eigenvalue weighted by Crippen LogP contribution is -2.16. The van der Waals surface area contributed by atoms with E-state index in [0.29, 0.717) is 6.42 Å². The Hall–Kier alpha value is -1.96. The first-order chi connectivity index (χ1) is 9.74. The Morgan fingerprint density at radius 1 is 1.05 bits per heavy atom. The molecule has 1 unspecified atom stereocenters. The van der Waals surface area contributed by atoms with Gasteiger partial charge in [0.25, 0.3) is 0 Å². The summed E-state index contributed by atoms with van der Waals surface area (Å²) in [5, 5.41) is 0. The van der Waals surface area contributed by atoms with E-state index in [1.165, 1.54) is 17.7 Å². The van der Waals surface area contributed by atoms with Gasteiger partial charge in [-0.15, -0.1) is 0 Å². The molecule has 0 saturated carbocycles. The van der Waals surface area contributed by atoms with Crippen molar-refractivity contribution in [2.24, 2.45) is 5.92 Å². The lowest BCUT2D eigenvalue weighted by molar-refractivity contribution is 0.0915. The van der Waals surface area contributed by atoms with Crippen LogP contribution in [0.1, 0.15) is 34.3 Å². The third-order valence-electron chi connectivity index (χ3n) is 4.05. The first-order valence-electron chi connectivity index (χ1n) is 7.10. The van der Waals surface area contributed by atoms with Crippen LogP contribution in [0.2, 0.25) is 0 Å². The smallest absolute Gasteiger partial charge is 0.166 e. The van der Waals surface area contributed by atoms with Crippen LogP contribution in [0.15, 0.2) is 48.5 Å². The number of fused-ring (bicyclic) bond motifs is 1. The van der Waals surface area contributed by atoms with Crippen LogP contribution in [0.25, 0.3) is 0 Å². The molecule has 20 heavy (non-hydrogen) atoms. The zero-order valence-corrected chi connectivity index (χ0v) is 11.3. The minimum absolute atomic E-state index is 0.0177. The van der Waals surface area contributed by atoms with Gasteiger partial charge >= 0.3 is 0 Å². The van der Waals surface area contributed by atoms with Crippen molar-refractivity contribution in [1.82, 2.24) is 0 Å². The Labute approximate surface area is 118 Å². The molecular formula is C18H17FO. The molecule has 0 aliphatic heterocycles. The zero-order valence-electron chi connectivity index (χ0n) is 11.3. The number of carbonyl (C=O) groups excluding carboxylic acids is 1. The summed E-state index contributed by atoms with van der Waals surface area (Å²) in [6.07, 6.45) is 3.62. The topological polar surface area (TPSA) is 17.1 Å². The highest BCUT2D eigenvalue weighted by Gasteiger charge is 2.25. The van der Waals surface area contributed by atoms with Crippen LogP contribution < -0.4 is 0 Å². The van der Waals surface area contributed by atoms with E-state index in [0.717, 1.165) is 30.4 Å².